The Hall–Kier alpha value is -4.08. The van der Waals surface area contributed by atoms with Gasteiger partial charge < -0.3 is 29.7 Å². The van der Waals surface area contributed by atoms with Crippen LogP contribution in [0.3, 0.4) is 0 Å². The molecular weight excluding hydrogens is 398 g/mol. The summed E-state index contributed by atoms with van der Waals surface area (Å²) < 4.78 is 14.0. The number of esters is 3. The zero-order chi connectivity index (χ0) is 22.4. The lowest BCUT2D eigenvalue weighted by Crippen LogP contribution is -2.21. The molecule has 0 unspecified atom stereocenters. The topological polar surface area (TPSA) is 148 Å². The Morgan fingerprint density at radius 1 is 0.867 bits per heavy atom. The Balaban J connectivity index is 2.12. The van der Waals surface area contributed by atoms with Crippen molar-refractivity contribution in [2.24, 2.45) is 0 Å². The lowest BCUT2D eigenvalue weighted by atomic mass is 10.1. The highest BCUT2D eigenvalue weighted by Gasteiger charge is 2.19. The predicted octanol–water partition coefficient (Wildman–Crippen LogP) is 1.77. The third-order valence-corrected chi connectivity index (χ3v) is 3.97. The first-order chi connectivity index (χ1) is 14.2. The van der Waals surface area contributed by atoms with E-state index in [1.165, 1.54) is 37.3 Å². The van der Waals surface area contributed by atoms with Crippen molar-refractivity contribution in [3.8, 4) is 11.5 Å². The molecule has 0 spiro atoms. The number of nitrogens with one attached hydrogen (secondary N) is 1. The second-order valence-corrected chi connectivity index (χ2v) is 6.03. The Labute approximate surface area is 171 Å². The van der Waals surface area contributed by atoms with Crippen molar-refractivity contribution in [1.82, 2.24) is 0 Å². The first kappa shape index (κ1) is 22.2. The van der Waals surface area contributed by atoms with Crippen LogP contribution >= 0.6 is 0 Å². The van der Waals surface area contributed by atoms with Crippen LogP contribution in [-0.2, 0) is 19.0 Å². The van der Waals surface area contributed by atoms with E-state index in [1.807, 2.05) is 0 Å². The van der Waals surface area contributed by atoms with Crippen LogP contribution in [0.2, 0.25) is 0 Å². The fraction of sp³-hybridized carbons (Fsp3) is 0.200. The highest BCUT2D eigenvalue weighted by atomic mass is 16.5. The van der Waals surface area contributed by atoms with Crippen LogP contribution in [0, 0.1) is 6.92 Å². The number of phenolic OH excluding ortho intramolecular Hbond substituents is 2. The van der Waals surface area contributed by atoms with Gasteiger partial charge in [0.25, 0.3) is 5.91 Å². The molecule has 0 saturated carbocycles. The molecule has 0 saturated heterocycles. The molecule has 10 nitrogen and oxygen atoms in total. The molecule has 0 aromatic heterocycles. The molecule has 10 heteroatoms. The van der Waals surface area contributed by atoms with Crippen LogP contribution in [0.4, 0.5) is 5.69 Å². The van der Waals surface area contributed by atoms with Crippen LogP contribution in [0.25, 0.3) is 0 Å². The number of carbonyl (C=O) groups is 4. The number of amides is 1. The maximum atomic E-state index is 12.1. The molecule has 0 aliphatic rings. The van der Waals surface area contributed by atoms with Gasteiger partial charge in [0.15, 0.2) is 18.1 Å². The quantitative estimate of drug-likeness (QED) is 0.363. The van der Waals surface area contributed by atoms with E-state index in [9.17, 15) is 29.4 Å². The summed E-state index contributed by atoms with van der Waals surface area (Å²) in [5.41, 5.74) is 0.0935. The van der Waals surface area contributed by atoms with Gasteiger partial charge in [-0.1, -0.05) is 6.07 Å². The predicted molar refractivity (Wildman–Crippen MR) is 103 cm³/mol. The number of anilines is 1. The normalized spacial score (nSPS) is 10.1. The van der Waals surface area contributed by atoms with Crippen LogP contribution in [0.5, 0.6) is 11.5 Å². The molecule has 0 fully saturated rings. The molecule has 0 aliphatic carbocycles. The Morgan fingerprint density at radius 2 is 1.43 bits per heavy atom. The van der Waals surface area contributed by atoms with E-state index < -0.39 is 41.9 Å². The van der Waals surface area contributed by atoms with Gasteiger partial charge in [0.2, 0.25) is 0 Å². The first-order valence-corrected chi connectivity index (χ1v) is 8.48. The molecule has 0 heterocycles. The van der Waals surface area contributed by atoms with Crippen molar-refractivity contribution in [2.45, 2.75) is 6.92 Å². The summed E-state index contributed by atoms with van der Waals surface area (Å²) in [5, 5.41) is 21.9. The van der Waals surface area contributed by atoms with Crippen molar-refractivity contribution in [3.05, 3.63) is 52.6 Å². The van der Waals surface area contributed by atoms with Gasteiger partial charge in [0, 0.05) is 5.69 Å². The minimum Gasteiger partial charge on any atom is -0.504 e. The van der Waals surface area contributed by atoms with E-state index in [-0.39, 0.29) is 22.4 Å². The molecule has 0 radical (unpaired) electrons. The number of phenols is 2. The van der Waals surface area contributed by atoms with Gasteiger partial charge >= 0.3 is 17.9 Å². The molecule has 1 amide bonds. The average molecular weight is 417 g/mol. The van der Waals surface area contributed by atoms with Crippen molar-refractivity contribution >= 4 is 29.5 Å². The highest BCUT2D eigenvalue weighted by Crippen LogP contribution is 2.32. The summed E-state index contributed by atoms with van der Waals surface area (Å²) in [6, 6.07) is 6.41. The second-order valence-electron chi connectivity index (χ2n) is 6.03. The van der Waals surface area contributed by atoms with Crippen LogP contribution in [0.15, 0.2) is 30.3 Å². The number of hydrogen-bond donors (Lipinski definition) is 3. The molecule has 0 aliphatic heterocycles. The number of aryl methyl sites for hydroxylation is 1. The number of ether oxygens (including phenoxy) is 3. The van der Waals surface area contributed by atoms with Gasteiger partial charge in [0.05, 0.1) is 25.3 Å². The summed E-state index contributed by atoms with van der Waals surface area (Å²) in [7, 11) is 2.31. The van der Waals surface area contributed by atoms with E-state index in [0.717, 1.165) is 14.2 Å². The molecule has 2 aromatic rings. The Kier molecular flexibility index (Phi) is 6.97. The zero-order valence-electron chi connectivity index (χ0n) is 16.3. The highest BCUT2D eigenvalue weighted by molar-refractivity contribution is 6.00. The van der Waals surface area contributed by atoms with Crippen molar-refractivity contribution in [3.63, 3.8) is 0 Å². The third kappa shape index (κ3) is 5.04. The summed E-state index contributed by atoms with van der Waals surface area (Å²) >= 11 is 0. The van der Waals surface area contributed by atoms with Gasteiger partial charge in [-0.25, -0.2) is 14.4 Å². The minimum atomic E-state index is -1.03. The fourth-order valence-corrected chi connectivity index (χ4v) is 2.42. The third-order valence-electron chi connectivity index (χ3n) is 3.97. The van der Waals surface area contributed by atoms with Crippen molar-refractivity contribution in [2.75, 3.05) is 26.1 Å². The SMILES string of the molecule is COC(=O)c1cc(NC(=O)COC(=O)c2ccc(C)c(O)c2O)cc(C(=O)OC)c1. The number of hydrogen-bond acceptors (Lipinski definition) is 9. The largest absolute Gasteiger partial charge is 0.504 e. The van der Waals surface area contributed by atoms with E-state index in [2.05, 4.69) is 14.8 Å². The number of benzene rings is 2. The molecular formula is C20H19NO9. The Bertz CT molecular complexity index is 979. The molecule has 2 rings (SSSR count). The maximum absolute atomic E-state index is 12.1. The number of aromatic hydroxyl groups is 2. The summed E-state index contributed by atoms with van der Waals surface area (Å²) in [4.78, 5) is 47.7. The van der Waals surface area contributed by atoms with Crippen molar-refractivity contribution in [1.29, 1.82) is 0 Å². The van der Waals surface area contributed by atoms with Crippen molar-refractivity contribution < 1.29 is 43.6 Å². The van der Waals surface area contributed by atoms with E-state index in [0.29, 0.717) is 5.56 Å². The molecule has 3 N–H and O–H groups in total. The summed E-state index contributed by atoms with van der Waals surface area (Å²) in [6.45, 7) is 0.797. The molecule has 0 bridgehead atoms. The molecule has 2 aromatic carbocycles. The molecule has 0 atom stereocenters. The number of rotatable bonds is 6. The first-order valence-electron chi connectivity index (χ1n) is 8.48. The van der Waals surface area contributed by atoms with Gasteiger partial charge in [-0.3, -0.25) is 4.79 Å². The van der Waals surface area contributed by atoms with Gasteiger partial charge in [-0.15, -0.1) is 0 Å². The van der Waals surface area contributed by atoms with Crippen LogP contribution in [0.1, 0.15) is 36.6 Å². The average Bonchev–Trinajstić information content (AvgIpc) is 2.74. The zero-order valence-corrected chi connectivity index (χ0v) is 16.3. The molecule has 30 heavy (non-hydrogen) atoms. The number of methoxy groups -OCH3 is 2. The summed E-state index contributed by atoms with van der Waals surface area (Å²) in [5.74, 6) is -4.42. The van der Waals surface area contributed by atoms with Gasteiger partial charge in [0.1, 0.15) is 5.56 Å². The second kappa shape index (κ2) is 9.41. The fourth-order valence-electron chi connectivity index (χ4n) is 2.42. The van der Waals surface area contributed by atoms with Gasteiger partial charge in [-0.05, 0) is 36.8 Å². The van der Waals surface area contributed by atoms with E-state index in [1.54, 1.807) is 0 Å². The summed E-state index contributed by atoms with van der Waals surface area (Å²) in [6.07, 6.45) is 0. The maximum Gasteiger partial charge on any atom is 0.342 e. The minimum absolute atomic E-state index is 0.00672. The standard InChI is InChI=1S/C20H19NO9/c1-10-4-5-14(17(24)16(10)23)20(27)30-9-15(22)21-13-7-11(18(25)28-2)6-12(8-13)19(26)29-3/h4-8,23-24H,9H2,1-3H3,(H,21,22). The lowest BCUT2D eigenvalue weighted by molar-refractivity contribution is -0.119. The van der Waals surface area contributed by atoms with Gasteiger partial charge in [-0.2, -0.15) is 0 Å². The van der Waals surface area contributed by atoms with Crippen LogP contribution in [-0.4, -0.2) is 54.9 Å². The Morgan fingerprint density at radius 3 is 1.97 bits per heavy atom. The lowest BCUT2D eigenvalue weighted by Gasteiger charge is -2.11. The van der Waals surface area contributed by atoms with E-state index >= 15 is 0 Å². The van der Waals surface area contributed by atoms with E-state index in [4.69, 9.17) is 4.74 Å². The molecule has 158 valence electrons. The smallest absolute Gasteiger partial charge is 0.342 e. The monoisotopic (exact) mass is 417 g/mol. The van der Waals surface area contributed by atoms with Crippen LogP contribution < -0.4 is 5.32 Å². The number of carbonyl (C=O) groups excluding carboxylic acids is 4.